The number of anilines is 1. The van der Waals surface area contributed by atoms with E-state index in [2.05, 4.69) is 20.3 Å². The molecule has 0 saturated carbocycles. The molecule has 0 bridgehead atoms. The molecule has 0 aliphatic carbocycles. The van der Waals surface area contributed by atoms with Gasteiger partial charge in [-0.25, -0.2) is 4.99 Å². The average Bonchev–Trinajstić information content (AvgIpc) is 3.08. The van der Waals surface area contributed by atoms with Gasteiger partial charge in [0, 0.05) is 31.0 Å². The summed E-state index contributed by atoms with van der Waals surface area (Å²) in [6.45, 7) is 5.39. The van der Waals surface area contributed by atoms with Crippen LogP contribution in [-0.2, 0) is 9.59 Å². The number of nitrogens with zero attached hydrogens (tertiary/aromatic N) is 4. The van der Waals surface area contributed by atoms with Crippen molar-refractivity contribution < 1.29 is 9.59 Å². The lowest BCUT2D eigenvalue weighted by atomic mass is 10.2. The highest BCUT2D eigenvalue weighted by atomic mass is 35.5. The Labute approximate surface area is 194 Å². The number of hydrogen-bond acceptors (Lipinski definition) is 6. The van der Waals surface area contributed by atoms with Gasteiger partial charge in [0.15, 0.2) is 5.17 Å². The van der Waals surface area contributed by atoms with E-state index in [4.69, 9.17) is 11.6 Å². The number of halogens is 1. The van der Waals surface area contributed by atoms with Crippen molar-refractivity contribution in [3.63, 3.8) is 0 Å². The molecule has 1 N–H and O–H groups in total. The third-order valence-electron chi connectivity index (χ3n) is 4.73. The molecule has 0 atom stereocenters. The van der Waals surface area contributed by atoms with Gasteiger partial charge >= 0.3 is 0 Å². The Morgan fingerprint density at radius 1 is 1.16 bits per heavy atom. The summed E-state index contributed by atoms with van der Waals surface area (Å²) < 4.78 is 0. The lowest BCUT2D eigenvalue weighted by Gasteiger charge is -2.25. The second-order valence-electron chi connectivity index (χ2n) is 7.40. The van der Waals surface area contributed by atoms with Gasteiger partial charge in [0.25, 0.3) is 5.91 Å². The lowest BCUT2D eigenvalue weighted by molar-refractivity contribution is -0.117. The normalized spacial score (nSPS) is 16.2. The van der Waals surface area contributed by atoms with Gasteiger partial charge in [-0.05, 0) is 67.6 Å². The van der Waals surface area contributed by atoms with E-state index in [1.807, 2.05) is 32.0 Å². The topological polar surface area (TPSA) is 87.5 Å². The van der Waals surface area contributed by atoms with Crippen LogP contribution in [0.25, 0.3) is 17.1 Å². The van der Waals surface area contributed by atoms with Crippen LogP contribution in [0, 0.1) is 0 Å². The SMILES string of the molecule is CC(=O)N(c1ccc(Cl)c(N=C2NC(=O)C(=Cc3ccc4nccnc4c3)S2)c1)C(C)C. The van der Waals surface area contributed by atoms with Crippen LogP contribution in [0.5, 0.6) is 0 Å². The van der Waals surface area contributed by atoms with Crippen molar-refractivity contribution >= 4 is 68.8 Å². The van der Waals surface area contributed by atoms with Crippen LogP contribution < -0.4 is 10.2 Å². The van der Waals surface area contributed by atoms with Gasteiger partial charge in [-0.3, -0.25) is 19.6 Å². The summed E-state index contributed by atoms with van der Waals surface area (Å²) in [5.74, 6) is -0.317. The molecular weight excluding hydrogens is 446 g/mol. The number of thioether (sulfide) groups is 1. The van der Waals surface area contributed by atoms with Gasteiger partial charge in [-0.1, -0.05) is 17.7 Å². The summed E-state index contributed by atoms with van der Waals surface area (Å²) in [6.07, 6.45) is 5.05. The van der Waals surface area contributed by atoms with Gasteiger partial charge in [0.1, 0.15) is 0 Å². The molecule has 2 amide bonds. The Kier molecular flexibility index (Phi) is 6.25. The van der Waals surface area contributed by atoms with Crippen molar-refractivity contribution in [1.82, 2.24) is 15.3 Å². The van der Waals surface area contributed by atoms with Crippen LogP contribution in [0.15, 0.2) is 58.7 Å². The Morgan fingerprint density at radius 3 is 2.62 bits per heavy atom. The minimum Gasteiger partial charge on any atom is -0.310 e. The summed E-state index contributed by atoms with van der Waals surface area (Å²) in [7, 11) is 0. The Bertz CT molecular complexity index is 1290. The third kappa shape index (κ3) is 4.66. The fourth-order valence-corrected chi connectivity index (χ4v) is 4.39. The monoisotopic (exact) mass is 465 g/mol. The van der Waals surface area contributed by atoms with E-state index in [9.17, 15) is 9.59 Å². The van der Waals surface area contributed by atoms with Gasteiger partial charge in [-0.15, -0.1) is 0 Å². The highest BCUT2D eigenvalue weighted by Gasteiger charge is 2.24. The second-order valence-corrected chi connectivity index (χ2v) is 8.84. The van der Waals surface area contributed by atoms with E-state index in [0.29, 0.717) is 26.5 Å². The third-order valence-corrected chi connectivity index (χ3v) is 5.96. The summed E-state index contributed by atoms with van der Waals surface area (Å²) in [6, 6.07) is 10.8. The summed E-state index contributed by atoms with van der Waals surface area (Å²) in [5, 5.41) is 3.61. The largest absolute Gasteiger partial charge is 0.310 e. The van der Waals surface area contributed by atoms with Crippen LogP contribution in [-0.4, -0.2) is 33.0 Å². The molecule has 1 aliphatic rings. The fourth-order valence-electron chi connectivity index (χ4n) is 3.39. The quantitative estimate of drug-likeness (QED) is 0.551. The van der Waals surface area contributed by atoms with E-state index in [1.165, 1.54) is 18.7 Å². The molecule has 162 valence electrons. The van der Waals surface area contributed by atoms with Crippen LogP contribution in [0.1, 0.15) is 26.3 Å². The van der Waals surface area contributed by atoms with Crippen molar-refractivity contribution in [2.45, 2.75) is 26.8 Å². The Hall–Kier alpha value is -3.23. The molecule has 1 fully saturated rings. The highest BCUT2D eigenvalue weighted by molar-refractivity contribution is 8.18. The molecule has 1 aromatic heterocycles. The zero-order chi connectivity index (χ0) is 22.8. The van der Waals surface area contributed by atoms with Crippen LogP contribution in [0.2, 0.25) is 5.02 Å². The van der Waals surface area contributed by atoms with Gasteiger partial charge in [0.2, 0.25) is 5.91 Å². The minimum atomic E-state index is -0.243. The predicted molar refractivity (Wildman–Crippen MR) is 130 cm³/mol. The van der Waals surface area contributed by atoms with Crippen LogP contribution >= 0.6 is 23.4 Å². The van der Waals surface area contributed by atoms with Crippen molar-refractivity contribution in [3.05, 3.63) is 64.3 Å². The molecule has 2 aromatic carbocycles. The molecule has 0 spiro atoms. The molecule has 1 aliphatic heterocycles. The van der Waals surface area contributed by atoms with E-state index < -0.39 is 0 Å². The maximum Gasteiger partial charge on any atom is 0.264 e. The first kappa shape index (κ1) is 22.0. The number of amidine groups is 1. The van der Waals surface area contributed by atoms with Gasteiger partial charge in [0.05, 0.1) is 26.6 Å². The molecule has 4 rings (SSSR count). The second kappa shape index (κ2) is 9.10. The molecule has 0 radical (unpaired) electrons. The van der Waals surface area contributed by atoms with E-state index in [0.717, 1.165) is 16.6 Å². The smallest absolute Gasteiger partial charge is 0.264 e. The number of benzene rings is 2. The molecule has 32 heavy (non-hydrogen) atoms. The van der Waals surface area contributed by atoms with Crippen LogP contribution in [0.3, 0.4) is 0 Å². The average molecular weight is 466 g/mol. The van der Waals surface area contributed by atoms with E-state index in [1.54, 1.807) is 41.6 Å². The maximum atomic E-state index is 12.5. The molecule has 3 aromatic rings. The van der Waals surface area contributed by atoms with Crippen LogP contribution in [0.4, 0.5) is 11.4 Å². The number of nitrogens with one attached hydrogen (secondary N) is 1. The number of rotatable bonds is 4. The summed E-state index contributed by atoms with van der Waals surface area (Å²) in [5.41, 5.74) is 3.55. The first-order valence-corrected chi connectivity index (χ1v) is 11.1. The standard InChI is InChI=1S/C23H20ClN5O2S/c1-13(2)29(14(3)30)16-5-6-17(24)19(12-16)27-23-28-22(31)21(32-23)11-15-4-7-18-20(10-15)26-9-8-25-18/h4-13H,1-3H3,(H,27,28,31). The number of aliphatic imine (C=N–C) groups is 1. The zero-order valence-corrected chi connectivity index (χ0v) is 19.2. The number of amides is 2. The number of carbonyl (C=O) groups is 2. The molecule has 2 heterocycles. The Balaban J connectivity index is 1.62. The lowest BCUT2D eigenvalue weighted by Crippen LogP contribution is -2.35. The first-order valence-electron chi connectivity index (χ1n) is 9.91. The summed E-state index contributed by atoms with van der Waals surface area (Å²) in [4.78, 5) is 39.8. The molecule has 1 saturated heterocycles. The van der Waals surface area contributed by atoms with Crippen molar-refractivity contribution in [2.24, 2.45) is 4.99 Å². The fraction of sp³-hybridized carbons (Fsp3) is 0.174. The van der Waals surface area contributed by atoms with Gasteiger partial charge in [-0.2, -0.15) is 0 Å². The number of carbonyl (C=O) groups excluding carboxylic acids is 2. The minimum absolute atomic E-state index is 0.0177. The molecule has 0 unspecified atom stereocenters. The van der Waals surface area contributed by atoms with Gasteiger partial charge < -0.3 is 10.2 Å². The number of hydrogen-bond donors (Lipinski definition) is 1. The number of aromatic nitrogens is 2. The highest BCUT2D eigenvalue weighted by Crippen LogP contribution is 2.34. The van der Waals surface area contributed by atoms with E-state index >= 15 is 0 Å². The molecule has 9 heteroatoms. The van der Waals surface area contributed by atoms with Crippen molar-refractivity contribution in [3.8, 4) is 0 Å². The predicted octanol–water partition coefficient (Wildman–Crippen LogP) is 4.94. The molecule has 7 nitrogen and oxygen atoms in total. The van der Waals surface area contributed by atoms with Crippen molar-refractivity contribution in [2.75, 3.05) is 4.90 Å². The van der Waals surface area contributed by atoms with E-state index in [-0.39, 0.29) is 17.9 Å². The molecular formula is C23H20ClN5O2S. The Morgan fingerprint density at radius 2 is 1.91 bits per heavy atom. The maximum absolute atomic E-state index is 12.5. The van der Waals surface area contributed by atoms with Crippen molar-refractivity contribution in [1.29, 1.82) is 0 Å². The number of fused-ring (bicyclic) bond motifs is 1. The summed E-state index contributed by atoms with van der Waals surface area (Å²) >= 11 is 7.56. The first-order chi connectivity index (χ1) is 15.3. The zero-order valence-electron chi connectivity index (χ0n) is 17.7.